The molecule has 0 atom stereocenters. The Kier molecular flexibility index (Phi) is 7.68. The van der Waals surface area contributed by atoms with E-state index in [4.69, 9.17) is 4.74 Å². The topological polar surface area (TPSA) is 111 Å². The van der Waals surface area contributed by atoms with Crippen molar-refractivity contribution in [2.45, 2.75) is 4.90 Å². The molecule has 0 amide bonds. The number of nitrogens with zero attached hydrogens (tertiary/aromatic N) is 1. The van der Waals surface area contributed by atoms with Crippen LogP contribution in [-0.2, 0) is 10.1 Å². The van der Waals surface area contributed by atoms with Gasteiger partial charge in [0.25, 0.3) is 0 Å². The van der Waals surface area contributed by atoms with E-state index in [9.17, 15) is 18.1 Å². The minimum atomic E-state index is -4.46. The molecule has 0 bridgehead atoms. The van der Waals surface area contributed by atoms with Crippen LogP contribution in [0.25, 0.3) is 0 Å². The first kappa shape index (κ1) is 20.1. The van der Waals surface area contributed by atoms with Crippen molar-refractivity contribution in [2.75, 3.05) is 12.5 Å². The number of nitrogens with one attached hydrogen (secondary N) is 1. The average Bonchev–Trinajstić information content (AvgIpc) is 2.48. The molecule has 0 spiro atoms. The second kappa shape index (κ2) is 8.78. The third-order valence-electron chi connectivity index (χ3n) is 2.79. The first-order valence-electron chi connectivity index (χ1n) is 6.13. The Hall–Kier alpha value is -0.944. The summed E-state index contributed by atoms with van der Waals surface area (Å²) in [6.07, 6.45) is 1.39. The smallest absolute Gasteiger partial charge is 0.744 e. The van der Waals surface area contributed by atoms with Crippen LogP contribution < -0.4 is 61.5 Å². The number of hydrogen-bond donors (Lipinski definition) is 2. The van der Waals surface area contributed by atoms with Gasteiger partial charge >= 0.3 is 51.4 Å². The molecule has 0 heterocycles. The number of aromatic hydroxyl groups is 1. The number of methoxy groups -OCH3 is 1. The zero-order valence-electron chi connectivity index (χ0n) is 12.6. The molecule has 7 nitrogen and oxygen atoms in total. The number of phenolic OH excluding ortho intramolecular Hbond substituents is 1. The number of hydrazone groups is 1. The van der Waals surface area contributed by atoms with E-state index in [2.05, 4.69) is 10.5 Å². The summed E-state index contributed by atoms with van der Waals surface area (Å²) < 4.78 is 37.4. The molecule has 0 fully saturated rings. The first-order chi connectivity index (χ1) is 10.4. The van der Waals surface area contributed by atoms with Gasteiger partial charge in [-0.2, -0.15) is 5.10 Å². The van der Waals surface area contributed by atoms with E-state index in [1.54, 1.807) is 18.2 Å². The fraction of sp³-hybridized carbons (Fsp3) is 0.0714. The van der Waals surface area contributed by atoms with Crippen LogP contribution in [0.1, 0.15) is 5.56 Å². The first-order valence-corrected chi connectivity index (χ1v) is 7.53. The van der Waals surface area contributed by atoms with Gasteiger partial charge in [-0.05, 0) is 36.4 Å². The maximum atomic E-state index is 10.8. The number of para-hydroxylation sites is 1. The van der Waals surface area contributed by atoms with Gasteiger partial charge in [0.05, 0.1) is 23.9 Å². The summed E-state index contributed by atoms with van der Waals surface area (Å²) in [6.45, 7) is 0. The van der Waals surface area contributed by atoms with Crippen molar-refractivity contribution in [2.24, 2.45) is 5.10 Å². The molecule has 2 aromatic carbocycles. The van der Waals surface area contributed by atoms with Crippen molar-refractivity contribution in [3.8, 4) is 11.5 Å². The molecular formula is C14H13KN2O5S. The molecule has 0 aromatic heterocycles. The van der Waals surface area contributed by atoms with Gasteiger partial charge in [-0.25, -0.2) is 8.42 Å². The van der Waals surface area contributed by atoms with Crippen molar-refractivity contribution < 1.29 is 74.2 Å². The zero-order valence-corrected chi connectivity index (χ0v) is 16.5. The summed E-state index contributed by atoms with van der Waals surface area (Å²) in [5, 5.41) is 13.8. The second-order valence-corrected chi connectivity index (χ2v) is 5.63. The van der Waals surface area contributed by atoms with Crippen molar-refractivity contribution >= 4 is 22.0 Å². The molecule has 0 radical (unpaired) electrons. The Morgan fingerprint density at radius 2 is 1.87 bits per heavy atom. The van der Waals surface area contributed by atoms with Crippen LogP contribution in [0.4, 0.5) is 5.69 Å². The molecule has 0 aliphatic carbocycles. The molecule has 0 saturated carbocycles. The number of phenols is 1. The van der Waals surface area contributed by atoms with E-state index in [1.165, 1.54) is 37.6 Å². The minimum absolute atomic E-state index is 0. The Bertz CT molecular complexity index is 791. The third kappa shape index (κ3) is 5.57. The minimum Gasteiger partial charge on any atom is -0.744 e. The summed E-state index contributed by atoms with van der Waals surface area (Å²) in [5.74, 6) is 0.289. The largest absolute Gasteiger partial charge is 1.00 e. The normalized spacial score (nSPS) is 11.0. The van der Waals surface area contributed by atoms with Gasteiger partial charge < -0.3 is 14.4 Å². The van der Waals surface area contributed by atoms with E-state index in [0.29, 0.717) is 17.0 Å². The maximum Gasteiger partial charge on any atom is 1.00 e. The van der Waals surface area contributed by atoms with Gasteiger partial charge in [0.1, 0.15) is 10.1 Å². The molecule has 2 N–H and O–H groups in total. The van der Waals surface area contributed by atoms with Crippen LogP contribution in [0.5, 0.6) is 11.5 Å². The van der Waals surface area contributed by atoms with Gasteiger partial charge in [0.15, 0.2) is 11.5 Å². The number of rotatable bonds is 5. The van der Waals surface area contributed by atoms with Crippen LogP contribution in [0.3, 0.4) is 0 Å². The zero-order chi connectivity index (χ0) is 16.2. The van der Waals surface area contributed by atoms with Crippen molar-refractivity contribution in [3.63, 3.8) is 0 Å². The summed E-state index contributed by atoms with van der Waals surface area (Å²) in [6, 6.07) is 10.2. The number of benzene rings is 2. The van der Waals surface area contributed by atoms with Gasteiger partial charge in [-0.1, -0.05) is 6.07 Å². The third-order valence-corrected chi connectivity index (χ3v) is 3.64. The maximum absolute atomic E-state index is 10.8. The van der Waals surface area contributed by atoms with Gasteiger partial charge in [0.2, 0.25) is 0 Å². The van der Waals surface area contributed by atoms with E-state index in [0.717, 1.165) is 0 Å². The van der Waals surface area contributed by atoms with E-state index in [-0.39, 0.29) is 62.0 Å². The quantitative estimate of drug-likeness (QED) is 0.298. The van der Waals surface area contributed by atoms with Crippen LogP contribution in [0, 0.1) is 0 Å². The standard InChI is InChI=1S/C14H14N2O5S.K/c1-21-13-4-2-3-10(14(13)17)9-15-16-11-5-7-12(8-6-11)22(18,19)20;/h2-9,16-17H,1H3,(H,18,19,20);/q;+1/p-1/b15-9-;. The molecular weight excluding hydrogens is 347 g/mol. The fourth-order valence-corrected chi connectivity index (χ4v) is 2.15. The molecule has 2 rings (SSSR count). The molecule has 0 aliphatic rings. The molecule has 0 saturated heterocycles. The van der Waals surface area contributed by atoms with Crippen molar-refractivity contribution in [1.82, 2.24) is 0 Å². The van der Waals surface area contributed by atoms with Crippen LogP contribution in [-0.4, -0.2) is 31.4 Å². The molecule has 9 heteroatoms. The fourth-order valence-electron chi connectivity index (χ4n) is 1.68. The van der Waals surface area contributed by atoms with E-state index in [1.807, 2.05) is 0 Å². The Balaban J connectivity index is 0.00000264. The van der Waals surface area contributed by atoms with Crippen molar-refractivity contribution in [3.05, 3.63) is 48.0 Å². The van der Waals surface area contributed by atoms with Crippen molar-refractivity contribution in [1.29, 1.82) is 0 Å². The van der Waals surface area contributed by atoms with Gasteiger partial charge in [0, 0.05) is 5.56 Å². The summed E-state index contributed by atoms with van der Waals surface area (Å²) >= 11 is 0. The number of anilines is 1. The van der Waals surface area contributed by atoms with Crippen LogP contribution in [0.2, 0.25) is 0 Å². The summed E-state index contributed by atoms with van der Waals surface area (Å²) in [7, 11) is -3.02. The van der Waals surface area contributed by atoms with Gasteiger partial charge in [-0.15, -0.1) is 0 Å². The molecule has 0 aliphatic heterocycles. The number of ether oxygens (including phenoxy) is 1. The second-order valence-electron chi connectivity index (χ2n) is 4.25. The molecule has 23 heavy (non-hydrogen) atoms. The monoisotopic (exact) mass is 360 g/mol. The van der Waals surface area contributed by atoms with Crippen LogP contribution in [0.15, 0.2) is 52.5 Å². The predicted octanol–water partition coefficient (Wildman–Crippen LogP) is -1.25. The molecule has 116 valence electrons. The Labute approximate surface area is 176 Å². The number of hydrogen-bond acceptors (Lipinski definition) is 7. The van der Waals surface area contributed by atoms with E-state index < -0.39 is 10.1 Å². The summed E-state index contributed by atoms with van der Waals surface area (Å²) in [5.41, 5.74) is 3.60. The predicted molar refractivity (Wildman–Crippen MR) is 80.3 cm³/mol. The Morgan fingerprint density at radius 3 is 2.43 bits per heavy atom. The van der Waals surface area contributed by atoms with E-state index >= 15 is 0 Å². The molecule has 0 unspecified atom stereocenters. The van der Waals surface area contributed by atoms with Gasteiger partial charge in [-0.3, -0.25) is 5.43 Å². The SMILES string of the molecule is COc1cccc(/C=N\Nc2ccc(S(=O)(=O)[O-])cc2)c1O.[K+]. The molecule has 2 aromatic rings. The van der Waals surface area contributed by atoms with Crippen LogP contribution >= 0.6 is 0 Å². The average molecular weight is 360 g/mol. The Morgan fingerprint density at radius 1 is 1.22 bits per heavy atom. The summed E-state index contributed by atoms with van der Waals surface area (Å²) in [4.78, 5) is -0.313.